The number of cyclic esters (lactones) is 1. The molecule has 3 amide bonds. The molecular weight excluding hydrogens is 390 g/mol. The fourth-order valence-electron chi connectivity index (χ4n) is 3.66. The standard InChI is InChI=1S/C21H27N3O4S/c1-4-10-23(11-5-2)17(25)12-24-16-13-28-20(26)18(16)19(22-21(24)27)14-6-8-15(29-3)9-7-14/h6-9,19H,4-5,10-13H2,1-3H3,(H,22,27). The van der Waals surface area contributed by atoms with E-state index in [1.165, 1.54) is 4.90 Å². The summed E-state index contributed by atoms with van der Waals surface area (Å²) in [6.07, 6.45) is 3.69. The van der Waals surface area contributed by atoms with E-state index in [-0.39, 0.29) is 25.1 Å². The number of carbonyl (C=O) groups is 3. The van der Waals surface area contributed by atoms with Crippen molar-refractivity contribution in [2.24, 2.45) is 0 Å². The van der Waals surface area contributed by atoms with Gasteiger partial charge in [0, 0.05) is 18.0 Å². The molecule has 1 aromatic rings. The zero-order valence-electron chi connectivity index (χ0n) is 17.1. The van der Waals surface area contributed by atoms with Gasteiger partial charge in [0.1, 0.15) is 13.2 Å². The Morgan fingerprint density at radius 2 is 1.86 bits per heavy atom. The van der Waals surface area contributed by atoms with Gasteiger partial charge in [-0.15, -0.1) is 11.8 Å². The Balaban J connectivity index is 1.88. The second kappa shape index (κ2) is 9.35. The maximum Gasteiger partial charge on any atom is 0.338 e. The Morgan fingerprint density at radius 3 is 2.45 bits per heavy atom. The van der Waals surface area contributed by atoms with E-state index in [1.54, 1.807) is 16.7 Å². The van der Waals surface area contributed by atoms with Gasteiger partial charge in [0.15, 0.2) is 0 Å². The maximum absolute atomic E-state index is 12.9. The Morgan fingerprint density at radius 1 is 1.21 bits per heavy atom. The van der Waals surface area contributed by atoms with Crippen molar-refractivity contribution in [2.75, 3.05) is 32.5 Å². The summed E-state index contributed by atoms with van der Waals surface area (Å²) in [6.45, 7) is 5.23. The molecule has 0 aliphatic carbocycles. The second-order valence-corrected chi connectivity index (χ2v) is 7.94. The first kappa shape index (κ1) is 21.2. The summed E-state index contributed by atoms with van der Waals surface area (Å²) in [4.78, 5) is 42.3. The van der Waals surface area contributed by atoms with Crippen molar-refractivity contribution in [1.82, 2.24) is 15.1 Å². The molecule has 0 saturated carbocycles. The van der Waals surface area contributed by atoms with Gasteiger partial charge < -0.3 is 15.0 Å². The van der Waals surface area contributed by atoms with Crippen LogP contribution in [0.3, 0.4) is 0 Å². The summed E-state index contributed by atoms with van der Waals surface area (Å²) in [5.41, 5.74) is 1.71. The first-order valence-corrected chi connectivity index (χ1v) is 11.1. The highest BCUT2D eigenvalue weighted by Gasteiger charge is 2.43. The number of hydrogen-bond acceptors (Lipinski definition) is 5. The number of benzene rings is 1. The maximum atomic E-state index is 12.9. The summed E-state index contributed by atoms with van der Waals surface area (Å²) in [5.74, 6) is -0.576. The Labute approximate surface area is 175 Å². The highest BCUT2D eigenvalue weighted by molar-refractivity contribution is 7.98. The Kier molecular flexibility index (Phi) is 6.84. The van der Waals surface area contributed by atoms with Crippen LogP contribution in [0.5, 0.6) is 0 Å². The first-order chi connectivity index (χ1) is 14.0. The lowest BCUT2D eigenvalue weighted by Crippen LogP contribution is -2.51. The first-order valence-electron chi connectivity index (χ1n) is 9.90. The topological polar surface area (TPSA) is 79.0 Å². The van der Waals surface area contributed by atoms with E-state index in [0.717, 1.165) is 23.3 Å². The molecule has 0 saturated heterocycles. The van der Waals surface area contributed by atoms with Crippen molar-refractivity contribution in [3.8, 4) is 0 Å². The van der Waals surface area contributed by atoms with Crippen LogP contribution < -0.4 is 5.32 Å². The number of nitrogens with one attached hydrogen (secondary N) is 1. The van der Waals surface area contributed by atoms with Crippen LogP contribution in [-0.2, 0) is 14.3 Å². The third kappa shape index (κ3) is 4.42. The molecule has 1 atom stereocenters. The van der Waals surface area contributed by atoms with Crippen molar-refractivity contribution in [3.63, 3.8) is 0 Å². The molecule has 2 heterocycles. The average Bonchev–Trinajstić information content (AvgIpc) is 3.11. The lowest BCUT2D eigenvalue weighted by molar-refractivity contribution is -0.136. The highest BCUT2D eigenvalue weighted by Crippen LogP contribution is 2.35. The van der Waals surface area contributed by atoms with Crippen LogP contribution in [0.1, 0.15) is 38.3 Å². The monoisotopic (exact) mass is 417 g/mol. The zero-order valence-corrected chi connectivity index (χ0v) is 17.9. The third-order valence-corrected chi connectivity index (χ3v) is 5.82. The molecule has 0 fully saturated rings. The lowest BCUT2D eigenvalue weighted by Gasteiger charge is -2.34. The molecule has 1 unspecified atom stereocenters. The summed E-state index contributed by atoms with van der Waals surface area (Å²) >= 11 is 1.62. The zero-order chi connectivity index (χ0) is 21.0. The minimum Gasteiger partial charge on any atom is -0.456 e. The molecule has 0 aromatic heterocycles. The van der Waals surface area contributed by atoms with Gasteiger partial charge in [-0.3, -0.25) is 9.69 Å². The normalized spacial score (nSPS) is 18.4. The number of esters is 1. The molecule has 1 N–H and O–H groups in total. The van der Waals surface area contributed by atoms with E-state index in [1.807, 2.05) is 44.4 Å². The molecule has 3 rings (SSSR count). The Bertz CT molecular complexity index is 816. The molecule has 29 heavy (non-hydrogen) atoms. The molecule has 7 nitrogen and oxygen atoms in total. The average molecular weight is 418 g/mol. The molecule has 8 heteroatoms. The number of urea groups is 1. The van der Waals surface area contributed by atoms with Crippen LogP contribution in [0.4, 0.5) is 4.79 Å². The molecule has 0 spiro atoms. The van der Waals surface area contributed by atoms with Crippen LogP contribution in [0.2, 0.25) is 0 Å². The van der Waals surface area contributed by atoms with Crippen LogP contribution in [0.25, 0.3) is 0 Å². The molecule has 2 aliphatic rings. The van der Waals surface area contributed by atoms with E-state index >= 15 is 0 Å². The number of hydrogen-bond donors (Lipinski definition) is 1. The van der Waals surface area contributed by atoms with Gasteiger partial charge in [-0.1, -0.05) is 26.0 Å². The number of carbonyl (C=O) groups excluding carboxylic acids is 3. The van der Waals surface area contributed by atoms with Crippen molar-refractivity contribution < 1.29 is 19.1 Å². The van der Waals surface area contributed by atoms with E-state index in [2.05, 4.69) is 5.32 Å². The Hall–Kier alpha value is -2.48. The predicted octanol–water partition coefficient (Wildman–Crippen LogP) is 2.93. The number of amides is 3. The van der Waals surface area contributed by atoms with Crippen molar-refractivity contribution in [3.05, 3.63) is 41.1 Å². The second-order valence-electron chi connectivity index (χ2n) is 7.06. The number of nitrogens with zero attached hydrogens (tertiary/aromatic N) is 2. The smallest absolute Gasteiger partial charge is 0.338 e. The minimum atomic E-state index is -0.572. The SMILES string of the molecule is CCCN(CCC)C(=O)CN1C(=O)NC(c2ccc(SC)cc2)C2=C1COC2=O. The quantitative estimate of drug-likeness (QED) is 0.520. The number of thioether (sulfide) groups is 1. The fourth-order valence-corrected chi connectivity index (χ4v) is 4.07. The third-order valence-electron chi connectivity index (χ3n) is 5.08. The molecule has 0 radical (unpaired) electrons. The van der Waals surface area contributed by atoms with Gasteiger partial charge >= 0.3 is 12.0 Å². The van der Waals surface area contributed by atoms with E-state index in [0.29, 0.717) is 24.4 Å². The molecule has 1 aromatic carbocycles. The van der Waals surface area contributed by atoms with Crippen LogP contribution in [0, 0.1) is 0 Å². The molecular formula is C21H27N3O4S. The van der Waals surface area contributed by atoms with Gasteiger partial charge in [-0.2, -0.15) is 0 Å². The van der Waals surface area contributed by atoms with Gasteiger partial charge in [0.25, 0.3) is 0 Å². The van der Waals surface area contributed by atoms with E-state index < -0.39 is 12.0 Å². The van der Waals surface area contributed by atoms with E-state index in [4.69, 9.17) is 4.74 Å². The highest BCUT2D eigenvalue weighted by atomic mass is 32.2. The van der Waals surface area contributed by atoms with Gasteiger partial charge in [-0.05, 0) is 36.8 Å². The van der Waals surface area contributed by atoms with Gasteiger partial charge in [0.2, 0.25) is 5.91 Å². The lowest BCUT2D eigenvalue weighted by atomic mass is 9.96. The summed E-state index contributed by atoms with van der Waals surface area (Å²) < 4.78 is 5.24. The van der Waals surface area contributed by atoms with Crippen molar-refractivity contribution in [2.45, 2.75) is 37.6 Å². The fraction of sp³-hybridized carbons (Fsp3) is 0.476. The van der Waals surface area contributed by atoms with Crippen LogP contribution in [-0.4, -0.2) is 60.2 Å². The summed E-state index contributed by atoms with van der Waals surface area (Å²) in [6, 6.07) is 6.75. The number of ether oxygens (including phenoxy) is 1. The predicted molar refractivity (Wildman–Crippen MR) is 111 cm³/mol. The number of rotatable bonds is 8. The largest absolute Gasteiger partial charge is 0.456 e. The van der Waals surface area contributed by atoms with Crippen LogP contribution in [0.15, 0.2) is 40.4 Å². The molecule has 0 bridgehead atoms. The molecule has 2 aliphatic heterocycles. The van der Waals surface area contributed by atoms with Crippen molar-refractivity contribution >= 4 is 29.7 Å². The van der Waals surface area contributed by atoms with E-state index in [9.17, 15) is 14.4 Å². The van der Waals surface area contributed by atoms with Crippen molar-refractivity contribution in [1.29, 1.82) is 0 Å². The summed E-state index contributed by atoms with van der Waals surface area (Å²) in [7, 11) is 0. The minimum absolute atomic E-state index is 0.00974. The molecule has 156 valence electrons. The van der Waals surface area contributed by atoms with Crippen LogP contribution >= 0.6 is 11.8 Å². The van der Waals surface area contributed by atoms with Gasteiger partial charge in [0.05, 0.1) is 17.3 Å². The van der Waals surface area contributed by atoms with Gasteiger partial charge in [-0.25, -0.2) is 9.59 Å². The summed E-state index contributed by atoms with van der Waals surface area (Å²) in [5, 5.41) is 2.88.